The fourth-order valence-corrected chi connectivity index (χ4v) is 3.81. The molecule has 3 aromatic rings. The Morgan fingerprint density at radius 3 is 2.30 bits per heavy atom. The summed E-state index contributed by atoms with van der Waals surface area (Å²) < 4.78 is 49.6. The highest BCUT2D eigenvalue weighted by atomic mass is 32.2. The van der Waals surface area contributed by atoms with Crippen molar-refractivity contribution in [2.45, 2.75) is 18.4 Å². The fraction of sp³-hybridized carbons (Fsp3) is 0.174. The molecule has 3 rings (SSSR count). The van der Waals surface area contributed by atoms with Crippen molar-refractivity contribution in [2.24, 2.45) is 0 Å². The molecule has 30 heavy (non-hydrogen) atoms. The van der Waals surface area contributed by atoms with Crippen LogP contribution in [0.15, 0.2) is 65.6 Å². The highest BCUT2D eigenvalue weighted by Crippen LogP contribution is 2.31. The van der Waals surface area contributed by atoms with Crippen molar-refractivity contribution < 1.29 is 22.3 Å². The van der Waals surface area contributed by atoms with Gasteiger partial charge in [0.25, 0.3) is 0 Å². The summed E-state index contributed by atoms with van der Waals surface area (Å²) in [5, 5.41) is 9.49. The van der Waals surface area contributed by atoms with Gasteiger partial charge in [0.05, 0.1) is 29.4 Å². The number of nitrogens with zero attached hydrogens (tertiary/aromatic N) is 1. The number of methoxy groups -OCH3 is 1. The number of rotatable bonds is 7. The smallest absolute Gasteiger partial charge is 0.178 e. The number of nitriles is 1. The first-order chi connectivity index (χ1) is 14.4. The molecule has 0 radical (unpaired) electrons. The molecule has 0 aliphatic rings. The van der Waals surface area contributed by atoms with Gasteiger partial charge >= 0.3 is 0 Å². The van der Waals surface area contributed by atoms with E-state index in [1.165, 1.54) is 43.3 Å². The zero-order valence-electron chi connectivity index (χ0n) is 16.6. The quantitative estimate of drug-likeness (QED) is 0.546. The van der Waals surface area contributed by atoms with Crippen molar-refractivity contribution in [3.8, 4) is 28.7 Å². The van der Waals surface area contributed by atoms with Crippen LogP contribution in [0.3, 0.4) is 0 Å². The Bertz CT molecular complexity index is 1200. The van der Waals surface area contributed by atoms with Crippen molar-refractivity contribution in [3.05, 3.63) is 77.6 Å². The monoisotopic (exact) mass is 425 g/mol. The van der Waals surface area contributed by atoms with Crippen LogP contribution in [0.5, 0.6) is 11.5 Å². The first-order valence-corrected chi connectivity index (χ1v) is 10.9. The summed E-state index contributed by atoms with van der Waals surface area (Å²) in [4.78, 5) is 0.0395. The second kappa shape index (κ2) is 8.97. The molecule has 0 saturated heterocycles. The van der Waals surface area contributed by atoms with Gasteiger partial charge in [-0.25, -0.2) is 12.8 Å². The van der Waals surface area contributed by atoms with Gasteiger partial charge in [0, 0.05) is 11.1 Å². The van der Waals surface area contributed by atoms with Crippen LogP contribution in [0.4, 0.5) is 4.39 Å². The minimum absolute atomic E-state index is 0.0395. The Morgan fingerprint density at radius 2 is 1.67 bits per heavy atom. The maximum absolute atomic E-state index is 14.5. The molecule has 5 nitrogen and oxygen atoms in total. The third kappa shape index (κ3) is 4.61. The molecule has 0 N–H and O–H groups in total. The molecule has 0 bridgehead atoms. The van der Waals surface area contributed by atoms with E-state index >= 15 is 0 Å². The van der Waals surface area contributed by atoms with Gasteiger partial charge in [-0.15, -0.1) is 0 Å². The zero-order chi connectivity index (χ0) is 21.7. The molecule has 0 saturated carbocycles. The molecule has 0 aliphatic carbocycles. The van der Waals surface area contributed by atoms with Gasteiger partial charge < -0.3 is 9.47 Å². The largest absolute Gasteiger partial charge is 0.497 e. The van der Waals surface area contributed by atoms with Crippen molar-refractivity contribution in [2.75, 3.05) is 12.9 Å². The zero-order valence-corrected chi connectivity index (χ0v) is 17.4. The lowest BCUT2D eigenvalue weighted by Gasteiger charge is -2.12. The van der Waals surface area contributed by atoms with Crippen molar-refractivity contribution in [1.29, 1.82) is 5.26 Å². The minimum Gasteiger partial charge on any atom is -0.497 e. The summed E-state index contributed by atoms with van der Waals surface area (Å²) in [6.07, 6.45) is 0. The lowest BCUT2D eigenvalue weighted by molar-refractivity contribution is 0.305. The fourth-order valence-electron chi connectivity index (χ4n) is 2.90. The molecule has 0 unspecified atom stereocenters. The number of ether oxygens (including phenoxy) is 2. The molecule has 0 aromatic heterocycles. The lowest BCUT2D eigenvalue weighted by atomic mass is 9.99. The second-order valence-corrected chi connectivity index (χ2v) is 8.78. The first kappa shape index (κ1) is 21.3. The van der Waals surface area contributed by atoms with Crippen LogP contribution in [0.2, 0.25) is 0 Å². The molecule has 0 amide bonds. The van der Waals surface area contributed by atoms with Gasteiger partial charge in [-0.05, 0) is 48.0 Å². The first-order valence-electron chi connectivity index (χ1n) is 9.20. The molecule has 3 aromatic carbocycles. The summed E-state index contributed by atoms with van der Waals surface area (Å²) in [5.41, 5.74) is 1.46. The summed E-state index contributed by atoms with van der Waals surface area (Å²) >= 11 is 0. The Morgan fingerprint density at radius 1 is 0.967 bits per heavy atom. The average molecular weight is 425 g/mol. The van der Waals surface area contributed by atoms with Crippen molar-refractivity contribution >= 4 is 9.84 Å². The Kier molecular flexibility index (Phi) is 6.38. The number of hydrogen-bond acceptors (Lipinski definition) is 5. The molecular weight excluding hydrogens is 405 g/mol. The van der Waals surface area contributed by atoms with E-state index in [1.807, 2.05) is 30.3 Å². The number of sulfone groups is 1. The molecule has 154 valence electrons. The van der Waals surface area contributed by atoms with Gasteiger partial charge in [0.2, 0.25) is 0 Å². The number of benzene rings is 3. The third-order valence-corrected chi connectivity index (χ3v) is 6.38. The summed E-state index contributed by atoms with van der Waals surface area (Å²) in [6, 6.07) is 17.7. The van der Waals surface area contributed by atoms with Crippen LogP contribution in [-0.4, -0.2) is 21.3 Å². The molecule has 0 fully saturated rings. The van der Waals surface area contributed by atoms with Crippen LogP contribution < -0.4 is 9.47 Å². The predicted molar refractivity (Wildman–Crippen MR) is 112 cm³/mol. The van der Waals surface area contributed by atoms with Crippen LogP contribution in [0.25, 0.3) is 11.1 Å². The number of hydrogen-bond donors (Lipinski definition) is 0. The van der Waals surface area contributed by atoms with Crippen molar-refractivity contribution in [3.63, 3.8) is 0 Å². The van der Waals surface area contributed by atoms with Crippen LogP contribution in [0.1, 0.15) is 18.1 Å². The van der Waals surface area contributed by atoms with E-state index in [9.17, 15) is 18.1 Å². The van der Waals surface area contributed by atoms with Crippen LogP contribution in [0, 0.1) is 17.1 Å². The maximum Gasteiger partial charge on any atom is 0.178 e. The summed E-state index contributed by atoms with van der Waals surface area (Å²) in [6.45, 7) is 1.80. The van der Waals surface area contributed by atoms with Crippen LogP contribution >= 0.6 is 0 Å². The third-order valence-electron chi connectivity index (χ3n) is 4.64. The van der Waals surface area contributed by atoms with E-state index < -0.39 is 15.7 Å². The number of halogens is 1. The molecule has 0 atom stereocenters. The summed E-state index contributed by atoms with van der Waals surface area (Å²) in [5.74, 6) is 0.548. The Hall–Kier alpha value is -3.37. The minimum atomic E-state index is -3.47. The van der Waals surface area contributed by atoms with E-state index in [0.717, 1.165) is 11.3 Å². The lowest BCUT2D eigenvalue weighted by Crippen LogP contribution is -2.04. The van der Waals surface area contributed by atoms with Gasteiger partial charge in [-0.3, -0.25) is 0 Å². The Labute approximate surface area is 175 Å². The summed E-state index contributed by atoms with van der Waals surface area (Å²) in [7, 11) is -1.88. The second-order valence-electron chi connectivity index (χ2n) is 6.50. The Balaban J connectivity index is 1.90. The average Bonchev–Trinajstić information content (AvgIpc) is 2.78. The van der Waals surface area contributed by atoms with E-state index in [4.69, 9.17) is 9.47 Å². The van der Waals surface area contributed by atoms with E-state index in [0.29, 0.717) is 11.3 Å². The van der Waals surface area contributed by atoms with Gasteiger partial charge in [-0.1, -0.05) is 25.1 Å². The topological polar surface area (TPSA) is 76.4 Å². The van der Waals surface area contributed by atoms with Crippen LogP contribution in [-0.2, 0) is 16.4 Å². The highest BCUT2D eigenvalue weighted by Gasteiger charge is 2.17. The molecular formula is C23H20FNO4S. The van der Waals surface area contributed by atoms with Crippen molar-refractivity contribution in [1.82, 2.24) is 0 Å². The maximum atomic E-state index is 14.5. The van der Waals surface area contributed by atoms with Gasteiger partial charge in [-0.2, -0.15) is 5.26 Å². The van der Waals surface area contributed by atoms with E-state index in [-0.39, 0.29) is 28.4 Å². The molecule has 7 heteroatoms. The van der Waals surface area contributed by atoms with E-state index in [1.54, 1.807) is 7.11 Å². The van der Waals surface area contributed by atoms with E-state index in [2.05, 4.69) is 0 Å². The predicted octanol–water partition coefficient (Wildman–Crippen LogP) is 4.75. The standard InChI is InChI=1S/C23H20FNO4S/c1-3-30(26,27)20-9-10-21(17(12-20)14-25)22-13-19(8-11-23(22)24)29-15-16-4-6-18(28-2)7-5-16/h4-13H,3,15H2,1-2H3. The van der Waals surface area contributed by atoms with Gasteiger partial charge in [0.1, 0.15) is 23.9 Å². The highest BCUT2D eigenvalue weighted by molar-refractivity contribution is 7.91. The molecule has 0 spiro atoms. The normalized spacial score (nSPS) is 11.0. The molecule has 0 heterocycles. The molecule has 0 aliphatic heterocycles. The SMILES string of the molecule is CCS(=O)(=O)c1ccc(-c2cc(OCc3ccc(OC)cc3)ccc2F)c(C#N)c1. The van der Waals surface area contributed by atoms with Gasteiger partial charge in [0.15, 0.2) is 9.84 Å².